The van der Waals surface area contributed by atoms with E-state index in [-0.39, 0.29) is 0 Å². The summed E-state index contributed by atoms with van der Waals surface area (Å²) in [6, 6.07) is 9.91. The molecule has 0 fully saturated rings. The van der Waals surface area contributed by atoms with Gasteiger partial charge in [0, 0.05) is 15.0 Å². The Morgan fingerprint density at radius 1 is 1.10 bits per heavy atom. The summed E-state index contributed by atoms with van der Waals surface area (Å²) in [6.45, 7) is 0. The number of imidazole rings is 1. The highest BCUT2D eigenvalue weighted by molar-refractivity contribution is 9.11. The minimum atomic E-state index is 0.633. The standard InChI is InChI=1S/C14H9Br3N2OS/c1-20-13-6-12(8(16)5-9(13)17)19-11-3-2-7(15)4-10(11)18-14(19)21/h2-6H,1H3,(H,18,21). The largest absolute Gasteiger partial charge is 0.495 e. The number of aromatic nitrogens is 2. The number of nitrogens with zero attached hydrogens (tertiary/aromatic N) is 1. The SMILES string of the molecule is COc1cc(-n2c(=S)[nH]c3cc(Br)ccc32)c(Br)cc1Br. The van der Waals surface area contributed by atoms with Gasteiger partial charge in [-0.1, -0.05) is 15.9 Å². The van der Waals surface area contributed by atoms with E-state index in [9.17, 15) is 0 Å². The smallest absolute Gasteiger partial charge is 0.182 e. The normalized spacial score (nSPS) is 11.0. The van der Waals surface area contributed by atoms with Crippen molar-refractivity contribution in [1.29, 1.82) is 0 Å². The Hall–Kier alpha value is -0.630. The molecule has 0 aliphatic heterocycles. The summed E-state index contributed by atoms with van der Waals surface area (Å²) >= 11 is 16.0. The maximum absolute atomic E-state index is 5.47. The van der Waals surface area contributed by atoms with Gasteiger partial charge in [-0.25, -0.2) is 0 Å². The van der Waals surface area contributed by atoms with Crippen LogP contribution in [0.4, 0.5) is 0 Å². The van der Waals surface area contributed by atoms with Gasteiger partial charge in [-0.05, 0) is 68.3 Å². The molecule has 0 bridgehead atoms. The molecule has 3 aromatic rings. The number of fused-ring (bicyclic) bond motifs is 1. The van der Waals surface area contributed by atoms with Crippen molar-refractivity contribution in [1.82, 2.24) is 9.55 Å². The lowest BCUT2D eigenvalue weighted by atomic mass is 10.2. The van der Waals surface area contributed by atoms with E-state index in [4.69, 9.17) is 17.0 Å². The molecule has 108 valence electrons. The van der Waals surface area contributed by atoms with Crippen LogP contribution in [-0.2, 0) is 0 Å². The molecule has 7 heteroatoms. The van der Waals surface area contributed by atoms with Crippen molar-refractivity contribution in [3.8, 4) is 11.4 Å². The van der Waals surface area contributed by atoms with Gasteiger partial charge in [0.2, 0.25) is 0 Å². The van der Waals surface area contributed by atoms with Crippen molar-refractivity contribution in [2.75, 3.05) is 7.11 Å². The lowest BCUT2D eigenvalue weighted by Crippen LogP contribution is -1.97. The van der Waals surface area contributed by atoms with Crippen LogP contribution in [0.25, 0.3) is 16.7 Å². The zero-order chi connectivity index (χ0) is 15.1. The fourth-order valence-corrected chi connectivity index (χ4v) is 4.17. The van der Waals surface area contributed by atoms with Crippen molar-refractivity contribution in [2.24, 2.45) is 0 Å². The van der Waals surface area contributed by atoms with E-state index in [2.05, 4.69) is 52.8 Å². The Balaban J connectivity index is 2.35. The van der Waals surface area contributed by atoms with Crippen LogP contribution in [-0.4, -0.2) is 16.7 Å². The Morgan fingerprint density at radius 3 is 2.57 bits per heavy atom. The van der Waals surface area contributed by atoms with Crippen LogP contribution in [0.15, 0.2) is 43.7 Å². The molecule has 3 nitrogen and oxygen atoms in total. The van der Waals surface area contributed by atoms with E-state index < -0.39 is 0 Å². The van der Waals surface area contributed by atoms with Gasteiger partial charge in [0.15, 0.2) is 4.77 Å². The predicted molar refractivity (Wildman–Crippen MR) is 98.1 cm³/mol. The van der Waals surface area contributed by atoms with E-state index >= 15 is 0 Å². The molecule has 2 aromatic carbocycles. The van der Waals surface area contributed by atoms with Crippen molar-refractivity contribution in [3.05, 3.63) is 48.5 Å². The molecule has 1 N–H and O–H groups in total. The number of aromatic amines is 1. The number of hydrogen-bond acceptors (Lipinski definition) is 2. The molecule has 0 spiro atoms. The van der Waals surface area contributed by atoms with Gasteiger partial charge in [0.1, 0.15) is 5.75 Å². The minimum absolute atomic E-state index is 0.633. The fourth-order valence-electron chi connectivity index (χ4n) is 2.17. The van der Waals surface area contributed by atoms with E-state index in [0.29, 0.717) is 4.77 Å². The molecule has 0 aliphatic rings. The number of methoxy groups -OCH3 is 1. The Morgan fingerprint density at radius 2 is 1.86 bits per heavy atom. The number of hydrogen-bond donors (Lipinski definition) is 1. The Labute approximate surface area is 151 Å². The first kappa shape index (κ1) is 15.3. The number of H-pyrrole nitrogens is 1. The van der Waals surface area contributed by atoms with Crippen LogP contribution in [0.2, 0.25) is 0 Å². The molecular formula is C14H9Br3N2OS. The zero-order valence-corrected chi connectivity index (χ0v) is 16.4. The maximum atomic E-state index is 5.47. The first-order valence-electron chi connectivity index (χ1n) is 5.95. The minimum Gasteiger partial charge on any atom is -0.495 e. The third kappa shape index (κ3) is 2.72. The Kier molecular flexibility index (Phi) is 4.27. The van der Waals surface area contributed by atoms with Crippen molar-refractivity contribution < 1.29 is 4.74 Å². The van der Waals surface area contributed by atoms with Gasteiger partial charge < -0.3 is 9.72 Å². The number of rotatable bonds is 2. The van der Waals surface area contributed by atoms with E-state index in [1.807, 2.05) is 34.9 Å². The number of nitrogens with one attached hydrogen (secondary N) is 1. The summed E-state index contributed by atoms with van der Waals surface area (Å²) in [4.78, 5) is 3.22. The van der Waals surface area contributed by atoms with Gasteiger partial charge >= 0.3 is 0 Å². The summed E-state index contributed by atoms with van der Waals surface area (Å²) in [5.41, 5.74) is 2.91. The Bertz CT molecular complexity index is 901. The van der Waals surface area contributed by atoms with Gasteiger partial charge in [-0.3, -0.25) is 4.57 Å². The zero-order valence-electron chi connectivity index (χ0n) is 10.8. The summed E-state index contributed by atoms with van der Waals surface area (Å²) in [6.07, 6.45) is 0. The maximum Gasteiger partial charge on any atom is 0.182 e. The van der Waals surface area contributed by atoms with Crippen LogP contribution in [0, 0.1) is 4.77 Å². The van der Waals surface area contributed by atoms with Crippen molar-refractivity contribution in [2.45, 2.75) is 0 Å². The highest BCUT2D eigenvalue weighted by Crippen LogP contribution is 2.35. The quantitative estimate of drug-likeness (QED) is 0.446. The third-order valence-electron chi connectivity index (χ3n) is 3.11. The van der Waals surface area contributed by atoms with Crippen molar-refractivity contribution >= 4 is 71.0 Å². The molecule has 0 saturated heterocycles. The van der Waals surface area contributed by atoms with Gasteiger partial charge in [-0.15, -0.1) is 0 Å². The second-order valence-electron chi connectivity index (χ2n) is 4.37. The molecule has 0 saturated carbocycles. The second-order valence-corrected chi connectivity index (χ2v) is 7.38. The first-order valence-corrected chi connectivity index (χ1v) is 8.73. The molecule has 3 rings (SSSR count). The van der Waals surface area contributed by atoms with Gasteiger partial charge in [-0.2, -0.15) is 0 Å². The number of halogens is 3. The fraction of sp³-hybridized carbons (Fsp3) is 0.0714. The van der Waals surface area contributed by atoms with Gasteiger partial charge in [0.25, 0.3) is 0 Å². The average molecular weight is 493 g/mol. The summed E-state index contributed by atoms with van der Waals surface area (Å²) in [5.74, 6) is 0.751. The summed E-state index contributed by atoms with van der Waals surface area (Å²) in [5, 5.41) is 0. The predicted octanol–water partition coefficient (Wildman–Crippen LogP) is 5.98. The number of ether oxygens (including phenoxy) is 1. The van der Waals surface area contributed by atoms with Crippen molar-refractivity contribution in [3.63, 3.8) is 0 Å². The van der Waals surface area contributed by atoms with Crippen LogP contribution in [0.1, 0.15) is 0 Å². The summed E-state index contributed by atoms with van der Waals surface area (Å²) in [7, 11) is 1.64. The topological polar surface area (TPSA) is 29.9 Å². The van der Waals surface area contributed by atoms with Crippen LogP contribution in [0.3, 0.4) is 0 Å². The van der Waals surface area contributed by atoms with Crippen LogP contribution in [0.5, 0.6) is 5.75 Å². The second kappa shape index (κ2) is 5.87. The lowest BCUT2D eigenvalue weighted by Gasteiger charge is -2.11. The number of benzene rings is 2. The highest BCUT2D eigenvalue weighted by atomic mass is 79.9. The van der Waals surface area contributed by atoms with Gasteiger partial charge in [0.05, 0.1) is 28.3 Å². The monoisotopic (exact) mass is 490 g/mol. The van der Waals surface area contributed by atoms with E-state index in [1.165, 1.54) is 0 Å². The van der Waals surface area contributed by atoms with Crippen LogP contribution < -0.4 is 4.74 Å². The highest BCUT2D eigenvalue weighted by Gasteiger charge is 2.13. The molecule has 21 heavy (non-hydrogen) atoms. The molecule has 0 radical (unpaired) electrons. The molecule has 0 atom stereocenters. The molecular weight excluding hydrogens is 484 g/mol. The first-order chi connectivity index (χ1) is 10.0. The molecule has 0 aliphatic carbocycles. The molecule has 1 heterocycles. The van der Waals surface area contributed by atoms with E-state index in [0.717, 1.165) is 35.9 Å². The molecule has 1 aromatic heterocycles. The lowest BCUT2D eigenvalue weighted by molar-refractivity contribution is 0.412. The average Bonchev–Trinajstić information content (AvgIpc) is 2.74. The third-order valence-corrected chi connectivity index (χ3v) is 5.14. The molecule has 0 unspecified atom stereocenters. The van der Waals surface area contributed by atoms with E-state index in [1.54, 1.807) is 7.11 Å². The molecule has 0 amide bonds. The summed E-state index contributed by atoms with van der Waals surface area (Å²) < 4.78 is 10.8. The van der Waals surface area contributed by atoms with Crippen LogP contribution >= 0.6 is 60.0 Å².